The van der Waals surface area contributed by atoms with Gasteiger partial charge in [0.05, 0.1) is 5.41 Å². The van der Waals surface area contributed by atoms with Gasteiger partial charge in [-0.05, 0) is 103 Å². The molecule has 0 bridgehead atoms. The lowest BCUT2D eigenvalue weighted by Crippen LogP contribution is -2.40. The first-order valence-electron chi connectivity index (χ1n) is 17.9. The number of hydrogen-bond donors (Lipinski definition) is 0. The van der Waals surface area contributed by atoms with E-state index in [-0.39, 0.29) is 10.8 Å². The van der Waals surface area contributed by atoms with Crippen molar-refractivity contribution in [3.63, 3.8) is 0 Å². The lowest BCUT2D eigenvalue weighted by molar-refractivity contribution is 0.563. The van der Waals surface area contributed by atoms with E-state index in [1.165, 1.54) is 72.4 Å². The first-order chi connectivity index (χ1) is 24.3. The van der Waals surface area contributed by atoms with Crippen LogP contribution in [0, 0.1) is 0 Å². The molecule has 3 aliphatic rings. The lowest BCUT2D eigenvalue weighted by Gasteiger charge is -2.46. The van der Waals surface area contributed by atoms with Gasteiger partial charge in [-0.25, -0.2) is 0 Å². The predicted octanol–water partition coefficient (Wildman–Crippen LogP) is 12.5. The summed E-state index contributed by atoms with van der Waals surface area (Å²) in [5.41, 5.74) is 19.2. The SMILES string of the molecule is CC1(C)c2ccccc2-c2ccc(N(c3ccccc3)c3ccc4c(c3)C3(c5ccccc5-4)c4ccccc4C(C)(C)c4ccccc43)cc21. The first-order valence-corrected chi connectivity index (χ1v) is 17.9. The Hall–Kier alpha value is -5.66. The number of para-hydroxylation sites is 1. The highest BCUT2D eigenvalue weighted by Crippen LogP contribution is 2.62. The zero-order chi connectivity index (χ0) is 33.8. The van der Waals surface area contributed by atoms with Gasteiger partial charge in [-0.1, -0.05) is 155 Å². The minimum Gasteiger partial charge on any atom is -0.310 e. The molecule has 10 rings (SSSR count). The Labute approximate surface area is 295 Å². The van der Waals surface area contributed by atoms with E-state index in [1.54, 1.807) is 0 Å². The number of hydrogen-bond acceptors (Lipinski definition) is 1. The van der Waals surface area contributed by atoms with Crippen molar-refractivity contribution < 1.29 is 0 Å². The van der Waals surface area contributed by atoms with Crippen LogP contribution in [0.15, 0.2) is 164 Å². The van der Waals surface area contributed by atoms with E-state index in [0.29, 0.717) is 0 Å². The minimum absolute atomic E-state index is 0.0871. The fraction of sp³-hybridized carbons (Fsp3) is 0.143. The highest BCUT2D eigenvalue weighted by Gasteiger charge is 2.53. The molecular weight excluding hydrogens is 603 g/mol. The zero-order valence-electron chi connectivity index (χ0n) is 29.0. The zero-order valence-corrected chi connectivity index (χ0v) is 29.0. The molecule has 3 aliphatic carbocycles. The lowest BCUT2D eigenvalue weighted by atomic mass is 9.55. The van der Waals surface area contributed by atoms with Gasteiger partial charge in [-0.3, -0.25) is 0 Å². The summed E-state index contributed by atoms with van der Waals surface area (Å²) in [5.74, 6) is 0. The number of rotatable bonds is 3. The summed E-state index contributed by atoms with van der Waals surface area (Å²) in [6.45, 7) is 9.51. The van der Waals surface area contributed by atoms with Crippen LogP contribution in [0.2, 0.25) is 0 Å². The molecule has 0 radical (unpaired) electrons. The second-order valence-corrected chi connectivity index (χ2v) is 15.3. The highest BCUT2D eigenvalue weighted by atomic mass is 15.1. The van der Waals surface area contributed by atoms with E-state index in [4.69, 9.17) is 0 Å². The van der Waals surface area contributed by atoms with Gasteiger partial charge in [-0.2, -0.15) is 0 Å². The summed E-state index contributed by atoms with van der Waals surface area (Å²) in [7, 11) is 0. The molecule has 0 fully saturated rings. The van der Waals surface area contributed by atoms with E-state index in [0.717, 1.165) is 11.4 Å². The molecule has 7 aromatic carbocycles. The number of nitrogens with zero attached hydrogens (tertiary/aromatic N) is 1. The molecule has 1 heteroatoms. The van der Waals surface area contributed by atoms with Crippen molar-refractivity contribution in [1.29, 1.82) is 0 Å². The van der Waals surface area contributed by atoms with Gasteiger partial charge in [0.15, 0.2) is 0 Å². The Balaban J connectivity index is 1.25. The molecule has 0 heterocycles. The molecule has 1 spiro atoms. The average Bonchev–Trinajstić information content (AvgIpc) is 3.57. The van der Waals surface area contributed by atoms with Crippen molar-refractivity contribution >= 4 is 17.1 Å². The molecule has 0 N–H and O–H groups in total. The molecule has 0 saturated heterocycles. The van der Waals surface area contributed by atoms with Gasteiger partial charge in [0.25, 0.3) is 0 Å². The van der Waals surface area contributed by atoms with Crippen LogP contribution in [0.25, 0.3) is 22.3 Å². The largest absolute Gasteiger partial charge is 0.310 e. The third kappa shape index (κ3) is 3.67. The molecule has 0 saturated carbocycles. The van der Waals surface area contributed by atoms with E-state index < -0.39 is 5.41 Å². The highest BCUT2D eigenvalue weighted by molar-refractivity contribution is 5.92. The Kier molecular flexibility index (Phi) is 5.96. The van der Waals surface area contributed by atoms with Crippen molar-refractivity contribution in [2.24, 2.45) is 0 Å². The average molecular weight is 642 g/mol. The Morgan fingerprint density at radius 3 is 1.30 bits per heavy atom. The minimum atomic E-state index is -0.436. The van der Waals surface area contributed by atoms with E-state index in [2.05, 4.69) is 196 Å². The first kappa shape index (κ1) is 29.3. The summed E-state index contributed by atoms with van der Waals surface area (Å²) in [5, 5.41) is 0. The normalized spacial score (nSPS) is 16.1. The van der Waals surface area contributed by atoms with E-state index in [9.17, 15) is 0 Å². The maximum atomic E-state index is 2.50. The maximum absolute atomic E-state index is 2.50. The molecule has 50 heavy (non-hydrogen) atoms. The Bertz CT molecular complexity index is 2450. The van der Waals surface area contributed by atoms with E-state index >= 15 is 0 Å². The Morgan fingerprint density at radius 2 is 0.700 bits per heavy atom. The summed E-state index contributed by atoms with van der Waals surface area (Å²) in [6, 6.07) is 61.6. The summed E-state index contributed by atoms with van der Waals surface area (Å²) in [4.78, 5) is 2.46. The molecule has 0 unspecified atom stereocenters. The standard InChI is InChI=1S/C49H39N/c1-47(2)39-20-10-8-18-35(39)37-28-26-33(30-45(37)47)50(32-16-6-5-7-17-32)34-27-29-38-36-19-9-11-21-40(36)49(46(38)31-34)43-24-14-12-22-41(43)48(3,4)42-23-13-15-25-44(42)49/h5-31H,1-4H3. The molecule has 0 amide bonds. The topological polar surface area (TPSA) is 3.24 Å². The van der Waals surface area contributed by atoms with Gasteiger partial charge in [0.1, 0.15) is 0 Å². The van der Waals surface area contributed by atoms with Crippen LogP contribution in [0.5, 0.6) is 0 Å². The predicted molar refractivity (Wildman–Crippen MR) is 208 cm³/mol. The maximum Gasteiger partial charge on any atom is 0.0720 e. The summed E-state index contributed by atoms with van der Waals surface area (Å²) < 4.78 is 0. The molecule has 0 aromatic heterocycles. The van der Waals surface area contributed by atoms with Crippen LogP contribution >= 0.6 is 0 Å². The number of fused-ring (bicyclic) bond motifs is 12. The fourth-order valence-corrected chi connectivity index (χ4v) is 9.84. The van der Waals surface area contributed by atoms with Gasteiger partial charge in [0, 0.05) is 27.9 Å². The Morgan fingerprint density at radius 1 is 0.300 bits per heavy atom. The quantitative estimate of drug-likeness (QED) is 0.186. The number of benzene rings is 7. The monoisotopic (exact) mass is 641 g/mol. The van der Waals surface area contributed by atoms with Gasteiger partial charge >= 0.3 is 0 Å². The van der Waals surface area contributed by atoms with Crippen molar-refractivity contribution in [3.8, 4) is 22.3 Å². The molecule has 240 valence electrons. The molecular formula is C49H39N. The van der Waals surface area contributed by atoms with Crippen LogP contribution in [0.1, 0.15) is 72.2 Å². The van der Waals surface area contributed by atoms with Gasteiger partial charge in [0.2, 0.25) is 0 Å². The van der Waals surface area contributed by atoms with Crippen molar-refractivity contribution in [2.75, 3.05) is 4.90 Å². The van der Waals surface area contributed by atoms with Crippen molar-refractivity contribution in [1.82, 2.24) is 0 Å². The molecule has 1 nitrogen and oxygen atoms in total. The smallest absolute Gasteiger partial charge is 0.0720 e. The van der Waals surface area contributed by atoms with Crippen molar-refractivity contribution in [3.05, 3.63) is 208 Å². The van der Waals surface area contributed by atoms with Crippen molar-refractivity contribution in [2.45, 2.75) is 43.9 Å². The van der Waals surface area contributed by atoms with Crippen LogP contribution in [0.3, 0.4) is 0 Å². The molecule has 0 atom stereocenters. The second kappa shape index (κ2) is 10.2. The van der Waals surface area contributed by atoms with Gasteiger partial charge < -0.3 is 4.90 Å². The third-order valence-corrected chi connectivity index (χ3v) is 12.1. The second-order valence-electron chi connectivity index (χ2n) is 15.3. The van der Waals surface area contributed by atoms with Crippen LogP contribution in [0.4, 0.5) is 17.1 Å². The van der Waals surface area contributed by atoms with Crippen LogP contribution < -0.4 is 4.90 Å². The molecule has 0 aliphatic heterocycles. The number of anilines is 3. The van der Waals surface area contributed by atoms with Crippen LogP contribution in [-0.4, -0.2) is 0 Å². The fourth-order valence-electron chi connectivity index (χ4n) is 9.84. The summed E-state index contributed by atoms with van der Waals surface area (Å²) in [6.07, 6.45) is 0. The molecule has 7 aromatic rings. The van der Waals surface area contributed by atoms with E-state index in [1.807, 2.05) is 0 Å². The summed E-state index contributed by atoms with van der Waals surface area (Å²) >= 11 is 0. The third-order valence-electron chi connectivity index (χ3n) is 12.1. The van der Waals surface area contributed by atoms with Gasteiger partial charge in [-0.15, -0.1) is 0 Å². The van der Waals surface area contributed by atoms with Crippen LogP contribution in [-0.2, 0) is 16.2 Å².